The van der Waals surface area contributed by atoms with E-state index < -0.39 is 0 Å². The monoisotopic (exact) mass is 228 g/mol. The standard InChI is InChI=1S/C13H12N2O2/c1-2-17-11-5-3-4-10(8-11)13(16)12-6-7-14-9-15-12/h3-9H,2H2,1H3. The third kappa shape index (κ3) is 2.66. The molecular weight excluding hydrogens is 216 g/mol. The van der Waals surface area contributed by atoms with Crippen LogP contribution >= 0.6 is 0 Å². The number of carbonyl (C=O) groups excluding carboxylic acids is 1. The van der Waals surface area contributed by atoms with Crippen LogP contribution in [0.3, 0.4) is 0 Å². The molecule has 0 aliphatic carbocycles. The van der Waals surface area contributed by atoms with E-state index in [4.69, 9.17) is 4.74 Å². The number of ether oxygens (including phenoxy) is 1. The molecule has 0 aliphatic heterocycles. The third-order valence-corrected chi connectivity index (χ3v) is 2.22. The van der Waals surface area contributed by atoms with Crippen molar-refractivity contribution in [2.75, 3.05) is 6.61 Å². The van der Waals surface area contributed by atoms with Crippen LogP contribution in [0.25, 0.3) is 0 Å². The molecule has 0 saturated heterocycles. The first-order valence-corrected chi connectivity index (χ1v) is 5.35. The Bertz CT molecular complexity index is 512. The molecule has 0 amide bonds. The molecule has 0 aliphatic rings. The predicted octanol–water partition coefficient (Wildman–Crippen LogP) is 2.11. The van der Waals surface area contributed by atoms with E-state index in [1.807, 2.05) is 13.0 Å². The molecule has 0 radical (unpaired) electrons. The third-order valence-electron chi connectivity index (χ3n) is 2.22. The van der Waals surface area contributed by atoms with Crippen molar-refractivity contribution in [3.8, 4) is 5.75 Å². The van der Waals surface area contributed by atoms with Crippen molar-refractivity contribution in [1.82, 2.24) is 9.97 Å². The molecule has 0 fully saturated rings. The number of hydrogen-bond donors (Lipinski definition) is 0. The second kappa shape index (κ2) is 5.21. The Kier molecular flexibility index (Phi) is 3.45. The Balaban J connectivity index is 2.28. The van der Waals surface area contributed by atoms with Gasteiger partial charge in [-0.1, -0.05) is 12.1 Å². The summed E-state index contributed by atoms with van der Waals surface area (Å²) in [5.74, 6) is 0.557. The first kappa shape index (κ1) is 11.3. The van der Waals surface area contributed by atoms with Crippen LogP contribution in [-0.2, 0) is 0 Å². The number of carbonyl (C=O) groups is 1. The fourth-order valence-corrected chi connectivity index (χ4v) is 1.47. The van der Waals surface area contributed by atoms with Crippen LogP contribution in [0.2, 0.25) is 0 Å². The fraction of sp³-hybridized carbons (Fsp3) is 0.154. The zero-order valence-electron chi connectivity index (χ0n) is 9.46. The highest BCUT2D eigenvalue weighted by Gasteiger charge is 2.10. The van der Waals surface area contributed by atoms with E-state index in [0.29, 0.717) is 23.6 Å². The summed E-state index contributed by atoms with van der Waals surface area (Å²) in [7, 11) is 0. The summed E-state index contributed by atoms with van der Waals surface area (Å²) in [6.07, 6.45) is 2.91. The molecule has 0 saturated carbocycles. The van der Waals surface area contributed by atoms with Crippen LogP contribution in [0.5, 0.6) is 5.75 Å². The molecule has 17 heavy (non-hydrogen) atoms. The summed E-state index contributed by atoms with van der Waals surface area (Å²) in [5, 5.41) is 0. The van der Waals surface area contributed by atoms with E-state index >= 15 is 0 Å². The molecular formula is C13H12N2O2. The van der Waals surface area contributed by atoms with Crippen LogP contribution in [0.15, 0.2) is 42.9 Å². The quantitative estimate of drug-likeness (QED) is 0.752. The van der Waals surface area contributed by atoms with Crippen LogP contribution in [0.4, 0.5) is 0 Å². The van der Waals surface area contributed by atoms with E-state index in [0.717, 1.165) is 0 Å². The van der Waals surface area contributed by atoms with Gasteiger partial charge in [-0.15, -0.1) is 0 Å². The average Bonchev–Trinajstić information content (AvgIpc) is 2.40. The van der Waals surface area contributed by atoms with Crippen LogP contribution in [0.1, 0.15) is 23.0 Å². The van der Waals surface area contributed by atoms with E-state index in [2.05, 4.69) is 9.97 Å². The number of aromatic nitrogens is 2. The van der Waals surface area contributed by atoms with Gasteiger partial charge in [-0.2, -0.15) is 0 Å². The number of ketones is 1. The Morgan fingerprint density at radius 1 is 1.35 bits per heavy atom. The summed E-state index contributed by atoms with van der Waals surface area (Å²) in [5.41, 5.74) is 0.947. The largest absolute Gasteiger partial charge is 0.494 e. The summed E-state index contributed by atoms with van der Waals surface area (Å²) in [6.45, 7) is 2.48. The predicted molar refractivity (Wildman–Crippen MR) is 63.1 cm³/mol. The molecule has 2 aromatic rings. The van der Waals surface area contributed by atoms with Crippen molar-refractivity contribution in [2.45, 2.75) is 6.92 Å². The number of nitrogens with zero attached hydrogens (tertiary/aromatic N) is 2. The SMILES string of the molecule is CCOc1cccc(C(=O)c2ccncn2)c1. The first-order valence-electron chi connectivity index (χ1n) is 5.35. The van der Waals surface area contributed by atoms with Gasteiger partial charge in [-0.05, 0) is 25.1 Å². The highest BCUT2D eigenvalue weighted by atomic mass is 16.5. The fourth-order valence-electron chi connectivity index (χ4n) is 1.47. The van der Waals surface area contributed by atoms with E-state index in [1.54, 1.807) is 30.5 Å². The van der Waals surface area contributed by atoms with Crippen molar-refractivity contribution in [3.63, 3.8) is 0 Å². The van der Waals surface area contributed by atoms with Gasteiger partial charge >= 0.3 is 0 Å². The van der Waals surface area contributed by atoms with E-state index in [1.165, 1.54) is 6.33 Å². The van der Waals surface area contributed by atoms with Gasteiger partial charge in [0.05, 0.1) is 6.61 Å². The van der Waals surface area contributed by atoms with Crippen LogP contribution in [-0.4, -0.2) is 22.4 Å². The summed E-state index contributed by atoms with van der Waals surface area (Å²) in [4.78, 5) is 19.8. The maximum absolute atomic E-state index is 12.1. The minimum absolute atomic E-state index is 0.131. The molecule has 0 atom stereocenters. The van der Waals surface area contributed by atoms with Crippen LogP contribution in [0, 0.1) is 0 Å². The lowest BCUT2D eigenvalue weighted by atomic mass is 10.1. The van der Waals surface area contributed by atoms with Gasteiger partial charge in [0.1, 0.15) is 17.8 Å². The molecule has 0 N–H and O–H groups in total. The van der Waals surface area contributed by atoms with Crippen molar-refractivity contribution in [1.29, 1.82) is 0 Å². The molecule has 4 heteroatoms. The van der Waals surface area contributed by atoms with Gasteiger partial charge in [-0.25, -0.2) is 9.97 Å². The normalized spacial score (nSPS) is 9.94. The lowest BCUT2D eigenvalue weighted by Gasteiger charge is -2.04. The highest BCUT2D eigenvalue weighted by molar-refractivity contribution is 6.07. The Morgan fingerprint density at radius 3 is 2.94 bits per heavy atom. The summed E-state index contributed by atoms with van der Waals surface area (Å²) >= 11 is 0. The Morgan fingerprint density at radius 2 is 2.24 bits per heavy atom. The molecule has 86 valence electrons. The van der Waals surface area contributed by atoms with Gasteiger partial charge in [0.15, 0.2) is 0 Å². The van der Waals surface area contributed by atoms with Crippen molar-refractivity contribution < 1.29 is 9.53 Å². The maximum atomic E-state index is 12.1. The lowest BCUT2D eigenvalue weighted by molar-refractivity contribution is 0.103. The molecule has 0 bridgehead atoms. The molecule has 0 unspecified atom stereocenters. The second-order valence-electron chi connectivity index (χ2n) is 3.38. The molecule has 0 spiro atoms. The average molecular weight is 228 g/mol. The van der Waals surface area contributed by atoms with Crippen molar-refractivity contribution >= 4 is 5.78 Å². The molecule has 1 aromatic heterocycles. The smallest absolute Gasteiger partial charge is 0.211 e. The summed E-state index contributed by atoms with van der Waals surface area (Å²) < 4.78 is 5.35. The Labute approximate surface area is 99.3 Å². The number of benzene rings is 1. The first-order chi connectivity index (χ1) is 8.31. The van der Waals surface area contributed by atoms with Crippen molar-refractivity contribution in [3.05, 3.63) is 54.1 Å². The van der Waals surface area contributed by atoms with Crippen molar-refractivity contribution in [2.24, 2.45) is 0 Å². The van der Waals surface area contributed by atoms with Gasteiger partial charge in [0.2, 0.25) is 5.78 Å². The number of rotatable bonds is 4. The topological polar surface area (TPSA) is 52.1 Å². The molecule has 4 nitrogen and oxygen atoms in total. The minimum Gasteiger partial charge on any atom is -0.494 e. The zero-order valence-corrected chi connectivity index (χ0v) is 9.46. The van der Waals surface area contributed by atoms with Gasteiger partial charge in [0.25, 0.3) is 0 Å². The van der Waals surface area contributed by atoms with Gasteiger partial charge in [-0.3, -0.25) is 4.79 Å². The molecule has 1 aromatic carbocycles. The lowest BCUT2D eigenvalue weighted by Crippen LogP contribution is -2.04. The zero-order chi connectivity index (χ0) is 12.1. The number of hydrogen-bond acceptors (Lipinski definition) is 4. The van der Waals surface area contributed by atoms with Crippen LogP contribution < -0.4 is 4.74 Å². The highest BCUT2D eigenvalue weighted by Crippen LogP contribution is 2.15. The van der Waals surface area contributed by atoms with Gasteiger partial charge in [0, 0.05) is 11.8 Å². The second-order valence-corrected chi connectivity index (χ2v) is 3.38. The molecule has 2 rings (SSSR count). The Hall–Kier alpha value is -2.23. The summed E-state index contributed by atoms with van der Waals surface area (Å²) in [6, 6.07) is 8.66. The minimum atomic E-state index is -0.131. The van der Waals surface area contributed by atoms with E-state index in [-0.39, 0.29) is 5.78 Å². The maximum Gasteiger partial charge on any atom is 0.211 e. The molecule has 1 heterocycles. The van der Waals surface area contributed by atoms with Gasteiger partial charge < -0.3 is 4.74 Å². The van der Waals surface area contributed by atoms with E-state index in [9.17, 15) is 4.79 Å².